The van der Waals surface area contributed by atoms with Gasteiger partial charge in [-0.25, -0.2) is 9.69 Å². The van der Waals surface area contributed by atoms with Gasteiger partial charge in [0.1, 0.15) is 11.3 Å². The molecule has 1 aromatic rings. The Morgan fingerprint density at radius 3 is 2.73 bits per heavy atom. The molecule has 2 rings (SSSR count). The predicted octanol–water partition coefficient (Wildman–Crippen LogP) is 2.19. The minimum Gasteiger partial charge on any atom is -0.461 e. The average molecular weight is 368 g/mol. The second-order valence-corrected chi connectivity index (χ2v) is 5.69. The fourth-order valence-electron chi connectivity index (χ4n) is 2.35. The van der Waals surface area contributed by atoms with Crippen LogP contribution in [0.2, 0.25) is 0 Å². The Morgan fingerprint density at radius 2 is 2.15 bits per heavy atom. The molecule has 0 bridgehead atoms. The number of carbonyl (C=O) groups excluding carboxylic acids is 2. The highest BCUT2D eigenvalue weighted by molar-refractivity contribution is 6.38. The van der Waals surface area contributed by atoms with Gasteiger partial charge in [0.2, 0.25) is 0 Å². The molecule has 1 N–H and O–H groups in total. The second-order valence-electron chi connectivity index (χ2n) is 5.69. The van der Waals surface area contributed by atoms with Gasteiger partial charge in [-0.05, 0) is 32.0 Å². The predicted molar refractivity (Wildman–Crippen MR) is 84.8 cm³/mol. The van der Waals surface area contributed by atoms with Crippen LogP contribution in [0, 0.1) is 11.5 Å². The molecule has 0 radical (unpaired) electrons. The SMILES string of the molecule is CCOC(=O)C1=NNC(C)(C(=O)N(C#N)c2cccc(C(F)(F)F)c2)C1. The molecule has 0 aromatic heterocycles. The number of hydrogen-bond acceptors (Lipinski definition) is 6. The molecule has 10 heteroatoms. The number of hydrazone groups is 1. The summed E-state index contributed by atoms with van der Waals surface area (Å²) in [5, 5.41) is 13.0. The molecule has 7 nitrogen and oxygen atoms in total. The van der Waals surface area contributed by atoms with Crippen molar-refractivity contribution < 1.29 is 27.5 Å². The van der Waals surface area contributed by atoms with Crippen LogP contribution in [0.25, 0.3) is 0 Å². The number of anilines is 1. The number of nitrogens with zero attached hydrogens (tertiary/aromatic N) is 3. The zero-order valence-electron chi connectivity index (χ0n) is 13.9. The number of nitriles is 1. The lowest BCUT2D eigenvalue weighted by molar-refractivity contribution is -0.138. The van der Waals surface area contributed by atoms with E-state index in [0.29, 0.717) is 11.0 Å². The van der Waals surface area contributed by atoms with E-state index in [0.717, 1.165) is 12.1 Å². The summed E-state index contributed by atoms with van der Waals surface area (Å²) in [7, 11) is 0. The highest BCUT2D eigenvalue weighted by atomic mass is 19.4. The van der Waals surface area contributed by atoms with Crippen molar-refractivity contribution in [1.82, 2.24) is 5.43 Å². The minimum absolute atomic E-state index is 0.0374. The summed E-state index contributed by atoms with van der Waals surface area (Å²) in [6.45, 7) is 3.12. The zero-order valence-corrected chi connectivity index (χ0v) is 13.9. The van der Waals surface area contributed by atoms with Crippen LogP contribution < -0.4 is 10.3 Å². The summed E-state index contributed by atoms with van der Waals surface area (Å²) in [5.74, 6) is -1.55. The van der Waals surface area contributed by atoms with Crippen molar-refractivity contribution >= 4 is 23.3 Å². The zero-order chi connectivity index (χ0) is 19.5. The third-order valence-electron chi connectivity index (χ3n) is 3.68. The Balaban J connectivity index is 2.25. The number of nitrogens with one attached hydrogen (secondary N) is 1. The quantitative estimate of drug-likeness (QED) is 0.499. The summed E-state index contributed by atoms with van der Waals surface area (Å²) in [5.41, 5.74) is -0.255. The maximum Gasteiger partial charge on any atom is 0.416 e. The topological polar surface area (TPSA) is 94.8 Å². The standard InChI is InChI=1S/C16H15F3N4O3/c1-3-26-13(24)12-8-15(2,22-21-12)14(25)23(9-20)11-6-4-5-10(7-11)16(17,18)19/h4-7,22H,3,8H2,1-2H3. The van der Waals surface area contributed by atoms with Crippen molar-refractivity contribution in [2.75, 3.05) is 11.5 Å². The van der Waals surface area contributed by atoms with Crippen LogP contribution in [0.5, 0.6) is 0 Å². The third kappa shape index (κ3) is 3.77. The number of rotatable bonds is 4. The number of halogens is 3. The first-order chi connectivity index (χ1) is 12.1. The first-order valence-corrected chi connectivity index (χ1v) is 7.55. The maximum atomic E-state index is 12.9. The number of esters is 1. The number of amides is 1. The molecule has 1 heterocycles. The van der Waals surface area contributed by atoms with Crippen molar-refractivity contribution in [2.45, 2.75) is 32.0 Å². The first-order valence-electron chi connectivity index (χ1n) is 7.55. The number of ether oxygens (including phenoxy) is 1. The van der Waals surface area contributed by atoms with E-state index >= 15 is 0 Å². The van der Waals surface area contributed by atoms with E-state index < -0.39 is 29.2 Å². The molecule has 0 saturated heterocycles. The van der Waals surface area contributed by atoms with Crippen molar-refractivity contribution in [3.8, 4) is 6.19 Å². The van der Waals surface area contributed by atoms with Gasteiger partial charge in [-0.15, -0.1) is 0 Å². The molecule has 0 saturated carbocycles. The number of hydrogen-bond donors (Lipinski definition) is 1. The molecule has 1 aliphatic heterocycles. The molecule has 1 aliphatic rings. The lowest BCUT2D eigenvalue weighted by atomic mass is 9.95. The fraction of sp³-hybridized carbons (Fsp3) is 0.375. The lowest BCUT2D eigenvalue weighted by Crippen LogP contribution is -2.51. The second kappa shape index (κ2) is 7.03. The molecule has 0 fully saturated rings. The van der Waals surface area contributed by atoms with Gasteiger partial charge >= 0.3 is 12.1 Å². The molecular weight excluding hydrogens is 353 g/mol. The minimum atomic E-state index is -4.62. The van der Waals surface area contributed by atoms with Gasteiger partial charge in [-0.2, -0.15) is 23.5 Å². The van der Waals surface area contributed by atoms with E-state index in [1.165, 1.54) is 13.0 Å². The fourth-order valence-corrected chi connectivity index (χ4v) is 2.35. The average Bonchev–Trinajstić information content (AvgIpc) is 2.99. The van der Waals surface area contributed by atoms with Gasteiger partial charge in [0.05, 0.1) is 17.9 Å². The highest BCUT2D eigenvalue weighted by Crippen LogP contribution is 2.32. The smallest absolute Gasteiger partial charge is 0.416 e. The molecule has 1 unspecified atom stereocenters. The van der Waals surface area contributed by atoms with Crippen molar-refractivity contribution in [3.05, 3.63) is 29.8 Å². The summed E-state index contributed by atoms with van der Waals surface area (Å²) in [6, 6.07) is 3.84. The van der Waals surface area contributed by atoms with Crippen molar-refractivity contribution in [1.29, 1.82) is 5.26 Å². The van der Waals surface area contributed by atoms with Crippen LogP contribution >= 0.6 is 0 Å². The van der Waals surface area contributed by atoms with Crippen molar-refractivity contribution in [2.24, 2.45) is 5.10 Å². The molecule has 1 atom stereocenters. The van der Waals surface area contributed by atoms with Crippen LogP contribution in [0.4, 0.5) is 18.9 Å². The Bertz CT molecular complexity index is 801. The largest absolute Gasteiger partial charge is 0.461 e. The Kier molecular flexibility index (Phi) is 5.20. The summed E-state index contributed by atoms with van der Waals surface area (Å²) >= 11 is 0. The van der Waals surface area contributed by atoms with Crippen LogP contribution in [0.15, 0.2) is 29.4 Å². The van der Waals surface area contributed by atoms with Gasteiger partial charge in [0.25, 0.3) is 5.91 Å². The van der Waals surface area contributed by atoms with E-state index in [4.69, 9.17) is 4.74 Å². The highest BCUT2D eigenvalue weighted by Gasteiger charge is 2.44. The summed E-state index contributed by atoms with van der Waals surface area (Å²) < 4.78 is 43.4. The van der Waals surface area contributed by atoms with E-state index in [1.807, 2.05) is 0 Å². The normalized spacial score (nSPS) is 19.2. The third-order valence-corrected chi connectivity index (χ3v) is 3.68. The molecule has 26 heavy (non-hydrogen) atoms. The maximum absolute atomic E-state index is 12.9. The molecule has 1 amide bonds. The Morgan fingerprint density at radius 1 is 1.46 bits per heavy atom. The number of benzene rings is 1. The summed E-state index contributed by atoms with van der Waals surface area (Å²) in [4.78, 5) is 25.0. The van der Waals surface area contributed by atoms with E-state index in [-0.39, 0.29) is 24.4 Å². The molecule has 138 valence electrons. The number of alkyl halides is 3. The van der Waals surface area contributed by atoms with E-state index in [2.05, 4.69) is 10.5 Å². The first kappa shape index (κ1) is 19.2. The van der Waals surface area contributed by atoms with Crippen LogP contribution in [-0.4, -0.2) is 29.7 Å². The number of carbonyl (C=O) groups is 2. The van der Waals surface area contributed by atoms with Gasteiger partial charge in [0, 0.05) is 6.42 Å². The van der Waals surface area contributed by atoms with Gasteiger partial charge in [-0.1, -0.05) is 6.07 Å². The molecule has 1 aromatic carbocycles. The van der Waals surface area contributed by atoms with E-state index in [9.17, 15) is 28.0 Å². The van der Waals surface area contributed by atoms with Gasteiger partial charge in [-0.3, -0.25) is 10.2 Å². The van der Waals surface area contributed by atoms with Gasteiger partial charge < -0.3 is 4.74 Å². The molecular formula is C16H15F3N4O3. The molecule has 0 aliphatic carbocycles. The lowest BCUT2D eigenvalue weighted by Gasteiger charge is -2.26. The van der Waals surface area contributed by atoms with Gasteiger partial charge in [0.15, 0.2) is 6.19 Å². The Labute approximate surface area is 147 Å². The van der Waals surface area contributed by atoms with Crippen LogP contribution in [0.1, 0.15) is 25.8 Å². The molecule has 0 spiro atoms. The van der Waals surface area contributed by atoms with Crippen LogP contribution in [-0.2, 0) is 20.5 Å². The van der Waals surface area contributed by atoms with E-state index in [1.54, 1.807) is 13.1 Å². The monoisotopic (exact) mass is 368 g/mol. The summed E-state index contributed by atoms with van der Waals surface area (Å²) in [6.07, 6.45) is -3.20. The van der Waals surface area contributed by atoms with Crippen LogP contribution in [0.3, 0.4) is 0 Å². The Hall–Kier alpha value is -3.09. The van der Waals surface area contributed by atoms with Crippen molar-refractivity contribution in [3.63, 3.8) is 0 Å².